The van der Waals surface area contributed by atoms with E-state index in [1.54, 1.807) is 22.9 Å². The van der Waals surface area contributed by atoms with E-state index in [4.69, 9.17) is 4.74 Å². The van der Waals surface area contributed by atoms with Crippen LogP contribution in [0, 0.1) is 5.92 Å². The molecule has 0 bridgehead atoms. The van der Waals surface area contributed by atoms with Crippen LogP contribution in [0.2, 0.25) is 0 Å². The molecule has 0 unspecified atom stereocenters. The summed E-state index contributed by atoms with van der Waals surface area (Å²) in [6.07, 6.45) is 2.45. The van der Waals surface area contributed by atoms with Crippen molar-refractivity contribution in [3.05, 3.63) is 24.0 Å². The van der Waals surface area contributed by atoms with Crippen LogP contribution < -0.4 is 0 Å². The Morgan fingerprint density at radius 3 is 2.67 bits per heavy atom. The summed E-state index contributed by atoms with van der Waals surface area (Å²) in [5.74, 6) is -0.257. The van der Waals surface area contributed by atoms with Crippen LogP contribution >= 0.6 is 0 Å². The molecule has 1 aromatic rings. The van der Waals surface area contributed by atoms with Gasteiger partial charge in [0, 0.05) is 6.20 Å². The minimum atomic E-state index is -0.440. The second kappa shape index (κ2) is 4.77. The number of methoxy groups -OCH3 is 1. The van der Waals surface area contributed by atoms with E-state index in [-0.39, 0.29) is 11.9 Å². The molecule has 0 aliphatic carbocycles. The van der Waals surface area contributed by atoms with Gasteiger partial charge in [0.15, 0.2) is 6.29 Å². The Bertz CT molecular complexity index is 354. The molecule has 15 heavy (non-hydrogen) atoms. The fourth-order valence-corrected chi connectivity index (χ4v) is 1.59. The zero-order chi connectivity index (χ0) is 11.4. The summed E-state index contributed by atoms with van der Waals surface area (Å²) >= 11 is 0. The Hall–Kier alpha value is -1.58. The lowest BCUT2D eigenvalue weighted by Gasteiger charge is -2.21. The van der Waals surface area contributed by atoms with E-state index in [0.29, 0.717) is 5.69 Å². The lowest BCUT2D eigenvalue weighted by Crippen LogP contribution is -2.26. The van der Waals surface area contributed by atoms with Crippen molar-refractivity contribution in [3.8, 4) is 0 Å². The number of hydrogen-bond donors (Lipinski definition) is 0. The Morgan fingerprint density at radius 2 is 2.20 bits per heavy atom. The predicted octanol–water partition coefficient (Wildman–Crippen LogP) is 1.67. The SMILES string of the molecule is COC(=O)[C@@H](C(C)C)n1cccc1C=O. The van der Waals surface area contributed by atoms with Crippen LogP contribution in [0.1, 0.15) is 30.4 Å². The normalized spacial score (nSPS) is 12.5. The highest BCUT2D eigenvalue weighted by molar-refractivity contribution is 5.78. The smallest absolute Gasteiger partial charge is 0.329 e. The first-order valence-corrected chi connectivity index (χ1v) is 4.81. The summed E-state index contributed by atoms with van der Waals surface area (Å²) in [5.41, 5.74) is 0.485. The van der Waals surface area contributed by atoms with E-state index in [1.807, 2.05) is 13.8 Å². The summed E-state index contributed by atoms with van der Waals surface area (Å²) in [6.45, 7) is 3.83. The topological polar surface area (TPSA) is 48.3 Å². The fourth-order valence-electron chi connectivity index (χ4n) is 1.59. The molecule has 82 valence electrons. The minimum absolute atomic E-state index is 0.0727. The predicted molar refractivity (Wildman–Crippen MR) is 55.7 cm³/mol. The zero-order valence-electron chi connectivity index (χ0n) is 9.14. The molecule has 1 heterocycles. The van der Waals surface area contributed by atoms with Crippen LogP contribution in [0.4, 0.5) is 0 Å². The molecule has 4 heteroatoms. The first-order chi connectivity index (χ1) is 7.11. The van der Waals surface area contributed by atoms with Gasteiger partial charge in [0.2, 0.25) is 0 Å². The maximum atomic E-state index is 11.6. The van der Waals surface area contributed by atoms with Crippen molar-refractivity contribution >= 4 is 12.3 Å². The third kappa shape index (κ3) is 2.26. The van der Waals surface area contributed by atoms with Gasteiger partial charge in [-0.1, -0.05) is 13.8 Å². The van der Waals surface area contributed by atoms with Gasteiger partial charge in [-0.05, 0) is 18.1 Å². The van der Waals surface area contributed by atoms with E-state index in [2.05, 4.69) is 0 Å². The Balaban J connectivity index is 3.09. The van der Waals surface area contributed by atoms with Crippen molar-refractivity contribution in [3.63, 3.8) is 0 Å². The molecule has 0 amide bonds. The molecule has 0 saturated carbocycles. The number of esters is 1. The van der Waals surface area contributed by atoms with Gasteiger partial charge in [-0.15, -0.1) is 0 Å². The van der Waals surface area contributed by atoms with Gasteiger partial charge in [-0.25, -0.2) is 4.79 Å². The molecule has 1 aromatic heterocycles. The monoisotopic (exact) mass is 209 g/mol. The van der Waals surface area contributed by atoms with Gasteiger partial charge in [-0.2, -0.15) is 0 Å². The summed E-state index contributed by atoms with van der Waals surface area (Å²) in [4.78, 5) is 22.3. The highest BCUT2D eigenvalue weighted by Crippen LogP contribution is 2.21. The van der Waals surface area contributed by atoms with Crippen molar-refractivity contribution in [1.82, 2.24) is 4.57 Å². The Morgan fingerprint density at radius 1 is 1.53 bits per heavy atom. The van der Waals surface area contributed by atoms with Crippen LogP contribution in [-0.2, 0) is 9.53 Å². The molecule has 0 saturated heterocycles. The van der Waals surface area contributed by atoms with Crippen LogP contribution in [0.5, 0.6) is 0 Å². The number of nitrogens with zero attached hydrogens (tertiary/aromatic N) is 1. The van der Waals surface area contributed by atoms with Gasteiger partial charge in [0.25, 0.3) is 0 Å². The quantitative estimate of drug-likeness (QED) is 0.559. The molecule has 0 aliphatic rings. The molecule has 1 atom stereocenters. The third-order valence-electron chi connectivity index (χ3n) is 2.31. The molecule has 0 spiro atoms. The number of ether oxygens (including phenoxy) is 1. The highest BCUT2D eigenvalue weighted by Gasteiger charge is 2.25. The van der Waals surface area contributed by atoms with Crippen molar-refractivity contribution < 1.29 is 14.3 Å². The standard InChI is InChI=1S/C11H15NO3/c1-8(2)10(11(14)15-3)12-6-4-5-9(12)7-13/h4-8,10H,1-3H3/t10-/m1/s1. The summed E-state index contributed by atoms with van der Waals surface area (Å²) < 4.78 is 6.36. The molecule has 0 fully saturated rings. The lowest BCUT2D eigenvalue weighted by atomic mass is 10.0. The molecule has 4 nitrogen and oxygen atoms in total. The molecule has 0 aliphatic heterocycles. The highest BCUT2D eigenvalue weighted by atomic mass is 16.5. The van der Waals surface area contributed by atoms with Crippen LogP contribution in [0.3, 0.4) is 0 Å². The molecule has 0 radical (unpaired) electrons. The van der Waals surface area contributed by atoms with Crippen molar-refractivity contribution in [2.45, 2.75) is 19.9 Å². The maximum Gasteiger partial charge on any atom is 0.329 e. The van der Waals surface area contributed by atoms with Gasteiger partial charge in [-0.3, -0.25) is 4.79 Å². The third-order valence-corrected chi connectivity index (χ3v) is 2.31. The van der Waals surface area contributed by atoms with Crippen molar-refractivity contribution in [1.29, 1.82) is 0 Å². The number of aromatic nitrogens is 1. The average molecular weight is 209 g/mol. The van der Waals surface area contributed by atoms with Crippen LogP contribution in [-0.4, -0.2) is 23.9 Å². The largest absolute Gasteiger partial charge is 0.467 e. The van der Waals surface area contributed by atoms with Crippen molar-refractivity contribution in [2.24, 2.45) is 5.92 Å². The Labute approximate surface area is 88.8 Å². The zero-order valence-corrected chi connectivity index (χ0v) is 9.14. The van der Waals surface area contributed by atoms with Crippen molar-refractivity contribution in [2.75, 3.05) is 7.11 Å². The summed E-state index contributed by atoms with van der Waals surface area (Å²) in [7, 11) is 1.35. The van der Waals surface area contributed by atoms with E-state index in [9.17, 15) is 9.59 Å². The molecular weight excluding hydrogens is 194 g/mol. The second-order valence-corrected chi connectivity index (χ2v) is 3.67. The Kier molecular flexibility index (Phi) is 3.66. The van der Waals surface area contributed by atoms with Gasteiger partial charge in [0.05, 0.1) is 12.8 Å². The number of hydrogen-bond acceptors (Lipinski definition) is 3. The number of rotatable bonds is 4. The molecule has 0 aromatic carbocycles. The molecule has 0 N–H and O–H groups in total. The van der Waals surface area contributed by atoms with E-state index < -0.39 is 6.04 Å². The molecule has 1 rings (SSSR count). The van der Waals surface area contributed by atoms with E-state index in [0.717, 1.165) is 6.29 Å². The summed E-state index contributed by atoms with van der Waals surface area (Å²) in [6, 6.07) is 2.97. The number of carbonyl (C=O) groups excluding carboxylic acids is 2. The van der Waals surface area contributed by atoms with E-state index >= 15 is 0 Å². The second-order valence-electron chi connectivity index (χ2n) is 3.67. The molecular formula is C11H15NO3. The fraction of sp³-hybridized carbons (Fsp3) is 0.455. The first-order valence-electron chi connectivity index (χ1n) is 4.81. The minimum Gasteiger partial charge on any atom is -0.467 e. The van der Waals surface area contributed by atoms with Crippen LogP contribution in [0.15, 0.2) is 18.3 Å². The number of carbonyl (C=O) groups is 2. The number of aldehydes is 1. The van der Waals surface area contributed by atoms with Crippen LogP contribution in [0.25, 0.3) is 0 Å². The first kappa shape index (κ1) is 11.5. The van der Waals surface area contributed by atoms with Gasteiger partial charge in [0.1, 0.15) is 6.04 Å². The maximum absolute atomic E-state index is 11.6. The van der Waals surface area contributed by atoms with Gasteiger partial charge >= 0.3 is 5.97 Å². The lowest BCUT2D eigenvalue weighted by molar-refractivity contribution is -0.146. The average Bonchev–Trinajstić information content (AvgIpc) is 2.65. The van der Waals surface area contributed by atoms with Gasteiger partial charge < -0.3 is 9.30 Å². The van der Waals surface area contributed by atoms with E-state index in [1.165, 1.54) is 7.11 Å². The summed E-state index contributed by atoms with van der Waals surface area (Å²) in [5, 5.41) is 0.